The quantitative estimate of drug-likeness (QED) is 0.341. The minimum absolute atomic E-state index is 0.589. The molecule has 0 aromatic rings. The molecule has 88 valence electrons. The third-order valence-electron chi connectivity index (χ3n) is 3.26. The molecule has 0 heterocycles. The average molecular weight is 237 g/mol. The Kier molecular flexibility index (Phi) is 3.93. The highest BCUT2D eigenvalue weighted by molar-refractivity contribution is 7.80. The number of rotatable bonds is 4. The van der Waals surface area contributed by atoms with Gasteiger partial charge in [-0.15, -0.1) is 0 Å². The number of fused-ring (bicyclic) bond motifs is 1. The third kappa shape index (κ3) is 2.61. The lowest BCUT2D eigenvalue weighted by Crippen LogP contribution is -2.38. The second kappa shape index (κ2) is 5.43. The van der Waals surface area contributed by atoms with E-state index in [2.05, 4.69) is 34.9 Å². The number of nitrogens with one attached hydrogen (secondary N) is 2. The Bertz CT molecular complexity index is 322. The second-order valence-electron chi connectivity index (χ2n) is 4.48. The Morgan fingerprint density at radius 2 is 2.50 bits per heavy atom. The Labute approximate surface area is 102 Å². The van der Waals surface area contributed by atoms with E-state index < -0.39 is 0 Å². The maximum atomic E-state index is 5.13. The lowest BCUT2D eigenvalue weighted by atomic mass is 9.74. The van der Waals surface area contributed by atoms with Crippen LogP contribution in [-0.4, -0.2) is 17.4 Å². The van der Waals surface area contributed by atoms with Gasteiger partial charge < -0.3 is 5.32 Å². The molecule has 0 bridgehead atoms. The fourth-order valence-corrected chi connectivity index (χ4v) is 2.35. The molecule has 0 aromatic carbocycles. The summed E-state index contributed by atoms with van der Waals surface area (Å²) in [6.07, 6.45) is 9.20. The second-order valence-corrected chi connectivity index (χ2v) is 4.89. The topological polar surface area (TPSA) is 36.4 Å². The highest BCUT2D eigenvalue weighted by Crippen LogP contribution is 2.39. The van der Waals surface area contributed by atoms with Crippen LogP contribution in [0.1, 0.15) is 32.6 Å². The van der Waals surface area contributed by atoms with Crippen LogP contribution in [0, 0.1) is 11.8 Å². The maximum absolute atomic E-state index is 5.13. The van der Waals surface area contributed by atoms with Crippen molar-refractivity contribution in [3.8, 4) is 0 Å². The molecule has 4 heteroatoms. The van der Waals surface area contributed by atoms with Gasteiger partial charge in [-0.1, -0.05) is 25.5 Å². The molecule has 0 radical (unpaired) electrons. The van der Waals surface area contributed by atoms with Gasteiger partial charge in [-0.05, 0) is 37.4 Å². The molecule has 2 atom stereocenters. The van der Waals surface area contributed by atoms with Crippen molar-refractivity contribution in [3.63, 3.8) is 0 Å². The molecule has 2 aliphatic carbocycles. The summed E-state index contributed by atoms with van der Waals surface area (Å²) in [5.74, 6) is 1.41. The number of allylic oxidation sites excluding steroid dienone is 2. The van der Waals surface area contributed by atoms with Gasteiger partial charge in [-0.2, -0.15) is 5.10 Å². The predicted molar refractivity (Wildman–Crippen MR) is 71.4 cm³/mol. The summed E-state index contributed by atoms with van der Waals surface area (Å²) in [5.41, 5.74) is 4.18. The van der Waals surface area contributed by atoms with Crippen LogP contribution in [0.5, 0.6) is 0 Å². The highest BCUT2D eigenvalue weighted by Gasteiger charge is 2.37. The highest BCUT2D eigenvalue weighted by atomic mass is 32.1. The van der Waals surface area contributed by atoms with Crippen LogP contribution in [0.15, 0.2) is 17.3 Å². The summed E-state index contributed by atoms with van der Waals surface area (Å²) in [4.78, 5) is 0. The molecular weight excluding hydrogens is 218 g/mol. The zero-order chi connectivity index (χ0) is 11.4. The SMILES string of the molecule is CCCCNC(=S)N/N=C1/CC2CC=CC12. The van der Waals surface area contributed by atoms with Crippen LogP contribution in [0.25, 0.3) is 0 Å². The lowest BCUT2D eigenvalue weighted by molar-refractivity contribution is 0.444. The van der Waals surface area contributed by atoms with Crippen molar-refractivity contribution in [1.29, 1.82) is 0 Å². The van der Waals surface area contributed by atoms with Gasteiger partial charge in [0.05, 0.1) is 0 Å². The molecule has 3 nitrogen and oxygen atoms in total. The lowest BCUT2D eigenvalue weighted by Gasteiger charge is -2.31. The number of nitrogens with zero attached hydrogens (tertiary/aromatic N) is 1. The van der Waals surface area contributed by atoms with E-state index in [1.54, 1.807) is 0 Å². The maximum Gasteiger partial charge on any atom is 0.186 e. The van der Waals surface area contributed by atoms with E-state index in [1.165, 1.54) is 18.6 Å². The van der Waals surface area contributed by atoms with Gasteiger partial charge in [0.1, 0.15) is 0 Å². The van der Waals surface area contributed by atoms with E-state index in [0.717, 1.165) is 25.3 Å². The van der Waals surface area contributed by atoms with Crippen molar-refractivity contribution in [2.24, 2.45) is 16.9 Å². The molecule has 0 spiro atoms. The molecule has 2 unspecified atom stereocenters. The number of hydrogen-bond donors (Lipinski definition) is 2. The zero-order valence-corrected chi connectivity index (χ0v) is 10.5. The molecule has 0 amide bonds. The van der Waals surface area contributed by atoms with Gasteiger partial charge in [-0.3, -0.25) is 5.43 Å². The number of hydrogen-bond acceptors (Lipinski definition) is 2. The van der Waals surface area contributed by atoms with Crippen molar-refractivity contribution in [1.82, 2.24) is 10.7 Å². The monoisotopic (exact) mass is 237 g/mol. The fourth-order valence-electron chi connectivity index (χ4n) is 2.20. The third-order valence-corrected chi connectivity index (χ3v) is 3.50. The Hall–Kier alpha value is -0.900. The van der Waals surface area contributed by atoms with Gasteiger partial charge in [0.25, 0.3) is 0 Å². The first-order valence-corrected chi connectivity index (χ1v) is 6.49. The van der Waals surface area contributed by atoms with Crippen LogP contribution < -0.4 is 10.7 Å². The van der Waals surface area contributed by atoms with Crippen molar-refractivity contribution < 1.29 is 0 Å². The van der Waals surface area contributed by atoms with Gasteiger partial charge >= 0.3 is 0 Å². The molecule has 0 aliphatic heterocycles. The van der Waals surface area contributed by atoms with Crippen LogP contribution in [-0.2, 0) is 0 Å². The number of hydrazone groups is 1. The van der Waals surface area contributed by atoms with Gasteiger partial charge in [-0.25, -0.2) is 0 Å². The summed E-state index contributed by atoms with van der Waals surface area (Å²) in [6.45, 7) is 3.10. The molecule has 0 aromatic heterocycles. The van der Waals surface area contributed by atoms with Gasteiger partial charge in [0.2, 0.25) is 0 Å². The van der Waals surface area contributed by atoms with Gasteiger partial charge in [0.15, 0.2) is 5.11 Å². The first-order chi connectivity index (χ1) is 7.81. The molecule has 16 heavy (non-hydrogen) atoms. The van der Waals surface area contributed by atoms with E-state index in [-0.39, 0.29) is 0 Å². The van der Waals surface area contributed by atoms with Crippen LogP contribution >= 0.6 is 12.2 Å². The van der Waals surface area contributed by atoms with E-state index in [0.29, 0.717) is 11.0 Å². The molecule has 1 saturated carbocycles. The Morgan fingerprint density at radius 3 is 3.25 bits per heavy atom. The van der Waals surface area contributed by atoms with Crippen molar-refractivity contribution in [2.75, 3.05) is 6.54 Å². The van der Waals surface area contributed by atoms with Crippen LogP contribution in [0.3, 0.4) is 0 Å². The van der Waals surface area contributed by atoms with E-state index in [4.69, 9.17) is 12.2 Å². The predicted octanol–water partition coefficient (Wildman–Crippen LogP) is 2.20. The van der Waals surface area contributed by atoms with Crippen molar-refractivity contribution in [3.05, 3.63) is 12.2 Å². The Morgan fingerprint density at radius 1 is 1.62 bits per heavy atom. The summed E-state index contributed by atoms with van der Waals surface area (Å²) >= 11 is 5.13. The fraction of sp³-hybridized carbons (Fsp3) is 0.667. The average Bonchev–Trinajstić information content (AvgIpc) is 2.61. The normalized spacial score (nSPS) is 28.7. The minimum atomic E-state index is 0.589. The first kappa shape index (κ1) is 11.6. The van der Waals surface area contributed by atoms with Crippen LogP contribution in [0.4, 0.5) is 0 Å². The standard InChI is InChI=1S/C12H19N3S/c1-2-3-7-13-12(16)15-14-11-8-9-5-4-6-10(9)11/h4,6,9-10H,2-3,5,7-8H2,1H3,(H2,13,15,16)/b14-11-. The van der Waals surface area contributed by atoms with Crippen molar-refractivity contribution >= 4 is 23.0 Å². The molecule has 2 N–H and O–H groups in total. The largest absolute Gasteiger partial charge is 0.361 e. The minimum Gasteiger partial charge on any atom is -0.361 e. The summed E-state index contributed by atoms with van der Waals surface area (Å²) in [6, 6.07) is 0. The molecule has 1 fully saturated rings. The number of thiocarbonyl (C=S) groups is 1. The molecular formula is C12H19N3S. The van der Waals surface area contributed by atoms with E-state index >= 15 is 0 Å². The molecule has 2 rings (SSSR count). The zero-order valence-electron chi connectivity index (χ0n) is 9.70. The number of unbranched alkanes of at least 4 members (excludes halogenated alkanes) is 1. The van der Waals surface area contributed by atoms with Gasteiger partial charge in [0, 0.05) is 18.2 Å². The Balaban J connectivity index is 1.69. The van der Waals surface area contributed by atoms with Crippen LogP contribution in [0.2, 0.25) is 0 Å². The summed E-state index contributed by atoms with van der Waals surface area (Å²) < 4.78 is 0. The van der Waals surface area contributed by atoms with E-state index in [9.17, 15) is 0 Å². The van der Waals surface area contributed by atoms with E-state index in [1.807, 2.05) is 0 Å². The smallest absolute Gasteiger partial charge is 0.186 e. The van der Waals surface area contributed by atoms with Crippen molar-refractivity contribution in [2.45, 2.75) is 32.6 Å². The summed E-state index contributed by atoms with van der Waals surface area (Å²) in [5, 5.41) is 8.15. The summed E-state index contributed by atoms with van der Waals surface area (Å²) in [7, 11) is 0. The molecule has 2 aliphatic rings. The molecule has 0 saturated heterocycles. The first-order valence-electron chi connectivity index (χ1n) is 6.08.